The molecule has 4 N–H and O–H groups in total. The second-order valence-corrected chi connectivity index (χ2v) is 7.67. The minimum Gasteiger partial charge on any atom is -0.393 e. The molecule has 5 heteroatoms. The predicted molar refractivity (Wildman–Crippen MR) is 93.0 cm³/mol. The van der Waals surface area contributed by atoms with Gasteiger partial charge in [0.05, 0.1) is 12.6 Å². The molecule has 0 aromatic carbocycles. The van der Waals surface area contributed by atoms with Crippen molar-refractivity contribution in [2.75, 3.05) is 26.2 Å². The van der Waals surface area contributed by atoms with Crippen molar-refractivity contribution >= 4 is 5.91 Å². The van der Waals surface area contributed by atoms with Crippen molar-refractivity contribution in [2.24, 2.45) is 17.6 Å². The first-order valence-corrected chi connectivity index (χ1v) is 9.49. The van der Waals surface area contributed by atoms with E-state index in [0.717, 1.165) is 44.8 Å². The number of carbonyl (C=O) groups is 1. The van der Waals surface area contributed by atoms with Crippen molar-refractivity contribution in [3.63, 3.8) is 0 Å². The summed E-state index contributed by atoms with van der Waals surface area (Å²) in [5.74, 6) is 1.00. The third kappa shape index (κ3) is 6.77. The normalized spacial score (nSPS) is 28.6. The first-order valence-electron chi connectivity index (χ1n) is 9.49. The van der Waals surface area contributed by atoms with E-state index >= 15 is 0 Å². The van der Waals surface area contributed by atoms with Gasteiger partial charge < -0.3 is 16.2 Å². The number of rotatable bonds is 8. The van der Waals surface area contributed by atoms with E-state index in [1.165, 1.54) is 32.1 Å². The minimum absolute atomic E-state index is 0.229. The Hall–Kier alpha value is -0.650. The molecule has 2 fully saturated rings. The fourth-order valence-corrected chi connectivity index (χ4v) is 4.25. The van der Waals surface area contributed by atoms with Gasteiger partial charge in [0.1, 0.15) is 0 Å². The van der Waals surface area contributed by atoms with Crippen LogP contribution < -0.4 is 11.1 Å². The van der Waals surface area contributed by atoms with Gasteiger partial charge in [-0.1, -0.05) is 26.2 Å². The molecule has 3 atom stereocenters. The lowest BCUT2D eigenvalue weighted by Gasteiger charge is -2.39. The minimum atomic E-state index is -0.257. The third-order valence-corrected chi connectivity index (χ3v) is 5.49. The Labute approximate surface area is 141 Å². The van der Waals surface area contributed by atoms with E-state index in [0.29, 0.717) is 18.5 Å². The van der Waals surface area contributed by atoms with Crippen molar-refractivity contribution in [1.29, 1.82) is 0 Å². The molecule has 0 radical (unpaired) electrons. The van der Waals surface area contributed by atoms with Crippen molar-refractivity contribution in [3.8, 4) is 0 Å². The van der Waals surface area contributed by atoms with Gasteiger partial charge in [-0.05, 0) is 50.5 Å². The van der Waals surface area contributed by atoms with Gasteiger partial charge in [-0.25, -0.2) is 0 Å². The zero-order valence-corrected chi connectivity index (χ0v) is 14.7. The maximum Gasteiger partial charge on any atom is 0.231 e. The van der Waals surface area contributed by atoms with E-state index in [1.807, 2.05) is 6.92 Å². The zero-order valence-electron chi connectivity index (χ0n) is 14.7. The molecule has 1 aliphatic heterocycles. The van der Waals surface area contributed by atoms with Crippen LogP contribution in [-0.4, -0.2) is 54.2 Å². The molecule has 3 unspecified atom stereocenters. The average molecular weight is 325 g/mol. The lowest BCUT2D eigenvalue weighted by Crippen LogP contribution is -2.52. The van der Waals surface area contributed by atoms with Crippen LogP contribution in [0.2, 0.25) is 0 Å². The summed E-state index contributed by atoms with van der Waals surface area (Å²) in [6.45, 7) is 5.22. The molecule has 23 heavy (non-hydrogen) atoms. The lowest BCUT2D eigenvalue weighted by atomic mass is 9.87. The average Bonchev–Trinajstić information content (AvgIpc) is 2.53. The second kappa shape index (κ2) is 9.60. The molecule has 1 aliphatic carbocycles. The Morgan fingerprint density at radius 3 is 2.65 bits per heavy atom. The zero-order chi connectivity index (χ0) is 16.7. The highest BCUT2D eigenvalue weighted by molar-refractivity contribution is 5.75. The van der Waals surface area contributed by atoms with Crippen molar-refractivity contribution < 1.29 is 9.90 Å². The highest BCUT2D eigenvalue weighted by atomic mass is 16.3. The van der Waals surface area contributed by atoms with E-state index in [1.54, 1.807) is 0 Å². The molecular weight excluding hydrogens is 290 g/mol. The van der Waals surface area contributed by atoms with Gasteiger partial charge in [0.25, 0.3) is 0 Å². The fourth-order valence-electron chi connectivity index (χ4n) is 4.25. The highest BCUT2D eigenvalue weighted by Crippen LogP contribution is 2.25. The standard InChI is InChI=1S/C18H35N3O2/c1-2-17(22)9-15-8-16(12-21(11-15)13-18(19)23)20-10-14-6-4-3-5-7-14/h14-17,20,22H,2-13H2,1H3,(H2,19,23). The van der Waals surface area contributed by atoms with Gasteiger partial charge in [0.15, 0.2) is 0 Å². The van der Waals surface area contributed by atoms with E-state index in [4.69, 9.17) is 5.73 Å². The fraction of sp³-hybridized carbons (Fsp3) is 0.944. The molecule has 1 amide bonds. The summed E-state index contributed by atoms with van der Waals surface area (Å²) in [6, 6.07) is 0.416. The number of nitrogens with one attached hydrogen (secondary N) is 1. The van der Waals surface area contributed by atoms with Crippen molar-refractivity contribution in [2.45, 2.75) is 70.4 Å². The van der Waals surface area contributed by atoms with Crippen molar-refractivity contribution in [3.05, 3.63) is 0 Å². The Morgan fingerprint density at radius 1 is 1.26 bits per heavy atom. The van der Waals surface area contributed by atoms with E-state index < -0.39 is 0 Å². The maximum atomic E-state index is 11.3. The van der Waals surface area contributed by atoms with Gasteiger partial charge in [0, 0.05) is 19.1 Å². The van der Waals surface area contributed by atoms with Gasteiger partial charge in [-0.15, -0.1) is 0 Å². The number of nitrogens with zero attached hydrogens (tertiary/aromatic N) is 1. The summed E-state index contributed by atoms with van der Waals surface area (Å²) < 4.78 is 0. The number of amides is 1. The first kappa shape index (κ1) is 18.7. The van der Waals surface area contributed by atoms with Crippen LogP contribution in [0, 0.1) is 11.8 Å². The Balaban J connectivity index is 1.83. The van der Waals surface area contributed by atoms with Crippen molar-refractivity contribution in [1.82, 2.24) is 10.2 Å². The van der Waals surface area contributed by atoms with Crippen LogP contribution in [0.3, 0.4) is 0 Å². The predicted octanol–water partition coefficient (Wildman–Crippen LogP) is 1.49. The maximum absolute atomic E-state index is 11.3. The molecule has 0 spiro atoms. The summed E-state index contributed by atoms with van der Waals surface area (Å²) in [6.07, 6.45) is 9.33. The summed E-state index contributed by atoms with van der Waals surface area (Å²) in [4.78, 5) is 13.4. The van der Waals surface area contributed by atoms with Gasteiger partial charge in [-0.3, -0.25) is 9.69 Å². The number of aliphatic hydroxyl groups is 1. The largest absolute Gasteiger partial charge is 0.393 e. The smallest absolute Gasteiger partial charge is 0.231 e. The third-order valence-electron chi connectivity index (χ3n) is 5.49. The highest BCUT2D eigenvalue weighted by Gasteiger charge is 2.29. The van der Waals surface area contributed by atoms with Gasteiger partial charge >= 0.3 is 0 Å². The molecule has 2 aliphatic rings. The topological polar surface area (TPSA) is 78.6 Å². The molecule has 134 valence electrons. The number of carbonyl (C=O) groups excluding carboxylic acids is 1. The van der Waals surface area contributed by atoms with E-state index in [2.05, 4.69) is 10.2 Å². The monoisotopic (exact) mass is 325 g/mol. The molecule has 1 saturated carbocycles. The van der Waals surface area contributed by atoms with Crippen LogP contribution in [0.1, 0.15) is 58.3 Å². The molecule has 0 aromatic heterocycles. The number of nitrogens with two attached hydrogens (primary N) is 1. The van der Waals surface area contributed by atoms with Crippen LogP contribution in [0.4, 0.5) is 0 Å². The summed E-state index contributed by atoms with van der Waals surface area (Å²) in [7, 11) is 0. The Kier molecular flexibility index (Phi) is 7.80. The van der Waals surface area contributed by atoms with Gasteiger partial charge in [0.2, 0.25) is 5.91 Å². The number of primary amides is 1. The number of likely N-dealkylation sites (tertiary alicyclic amines) is 1. The number of hydrogen-bond acceptors (Lipinski definition) is 4. The molecule has 1 saturated heterocycles. The van der Waals surface area contributed by atoms with Crippen LogP contribution in [-0.2, 0) is 4.79 Å². The molecule has 5 nitrogen and oxygen atoms in total. The number of aliphatic hydroxyl groups excluding tert-OH is 1. The van der Waals surface area contributed by atoms with Crippen LogP contribution in [0.5, 0.6) is 0 Å². The molecule has 0 bridgehead atoms. The van der Waals surface area contributed by atoms with Gasteiger partial charge in [-0.2, -0.15) is 0 Å². The summed E-state index contributed by atoms with van der Waals surface area (Å²) >= 11 is 0. The van der Waals surface area contributed by atoms with E-state index in [9.17, 15) is 9.90 Å². The number of hydrogen-bond donors (Lipinski definition) is 3. The number of piperidine rings is 1. The second-order valence-electron chi connectivity index (χ2n) is 7.67. The Morgan fingerprint density at radius 2 is 2.00 bits per heavy atom. The quantitative estimate of drug-likeness (QED) is 0.632. The summed E-state index contributed by atoms with van der Waals surface area (Å²) in [5, 5.41) is 13.7. The Bertz CT molecular complexity index is 358. The molecule has 1 heterocycles. The summed E-state index contributed by atoms with van der Waals surface area (Å²) in [5.41, 5.74) is 5.38. The SMILES string of the molecule is CCC(O)CC1CC(NCC2CCCCC2)CN(CC(N)=O)C1. The van der Waals surface area contributed by atoms with Crippen LogP contribution in [0.15, 0.2) is 0 Å². The molecule has 2 rings (SSSR count). The van der Waals surface area contributed by atoms with Crippen LogP contribution in [0.25, 0.3) is 0 Å². The molecular formula is C18H35N3O2. The molecule has 0 aromatic rings. The van der Waals surface area contributed by atoms with E-state index in [-0.39, 0.29) is 12.0 Å². The first-order chi connectivity index (χ1) is 11.1. The van der Waals surface area contributed by atoms with Crippen LogP contribution >= 0.6 is 0 Å². The lowest BCUT2D eigenvalue weighted by molar-refractivity contribution is -0.119.